The standard InChI is InChI=1S/C24H28N2O9/c1-25(2)18-13-8-11-7-12-10(9-26(3)35-4)5-6-14(27)16(12)19(28)15(11)21(30)24(13,34)22(31)17(20(18)29)23(32)33/h5-6,11,13,15,17-18,27,34H,7-9H2,1-4H3,(H,32,33)/t11-,13-,15?,17?,18-,24-/m0/s1. The predicted octanol–water partition coefficient (Wildman–Crippen LogP) is -0.540. The Morgan fingerprint density at radius 3 is 2.37 bits per heavy atom. The molecule has 3 N–H and O–H groups in total. The van der Waals surface area contributed by atoms with Crippen LogP contribution in [0.2, 0.25) is 0 Å². The van der Waals surface area contributed by atoms with Crippen LogP contribution in [0.25, 0.3) is 0 Å². The molecule has 0 radical (unpaired) electrons. The second kappa shape index (κ2) is 8.59. The first-order valence-electron chi connectivity index (χ1n) is 11.2. The molecule has 2 fully saturated rings. The highest BCUT2D eigenvalue weighted by Crippen LogP contribution is 2.51. The van der Waals surface area contributed by atoms with E-state index in [1.54, 1.807) is 13.1 Å². The van der Waals surface area contributed by atoms with E-state index in [-0.39, 0.29) is 24.2 Å². The van der Waals surface area contributed by atoms with Crippen molar-refractivity contribution in [2.24, 2.45) is 23.7 Å². The summed E-state index contributed by atoms with van der Waals surface area (Å²) in [6, 6.07) is 1.79. The van der Waals surface area contributed by atoms with E-state index >= 15 is 0 Å². The minimum Gasteiger partial charge on any atom is -0.507 e. The molecule has 0 heterocycles. The Hall–Kier alpha value is -2.99. The maximum absolute atomic E-state index is 13.7. The molecule has 3 aliphatic rings. The lowest BCUT2D eigenvalue weighted by atomic mass is 9.52. The van der Waals surface area contributed by atoms with Gasteiger partial charge in [0.25, 0.3) is 0 Å². The molecule has 6 atom stereocenters. The summed E-state index contributed by atoms with van der Waals surface area (Å²) in [7, 11) is 6.19. The lowest BCUT2D eigenvalue weighted by Crippen LogP contribution is -2.73. The van der Waals surface area contributed by atoms with Crippen LogP contribution in [-0.4, -0.2) is 94.3 Å². The largest absolute Gasteiger partial charge is 0.507 e. The molecule has 11 heteroatoms. The van der Waals surface area contributed by atoms with Gasteiger partial charge in [-0.05, 0) is 50.0 Å². The molecule has 0 aliphatic heterocycles. The fourth-order valence-corrected chi connectivity index (χ4v) is 6.09. The zero-order chi connectivity index (χ0) is 26.0. The Morgan fingerprint density at radius 1 is 1.14 bits per heavy atom. The number of nitrogens with zero attached hydrogens (tertiary/aromatic N) is 2. The average Bonchev–Trinajstić information content (AvgIpc) is 2.77. The Bertz CT molecular complexity index is 1150. The lowest BCUT2D eigenvalue weighted by Gasteiger charge is -2.52. The van der Waals surface area contributed by atoms with Crippen LogP contribution in [-0.2, 0) is 37.0 Å². The van der Waals surface area contributed by atoms with Gasteiger partial charge in [0.15, 0.2) is 34.7 Å². The molecule has 11 nitrogen and oxygen atoms in total. The zero-order valence-corrected chi connectivity index (χ0v) is 19.8. The van der Waals surface area contributed by atoms with Gasteiger partial charge in [-0.15, -0.1) is 0 Å². The molecule has 0 spiro atoms. The van der Waals surface area contributed by atoms with Gasteiger partial charge in [-0.2, -0.15) is 5.06 Å². The van der Waals surface area contributed by atoms with E-state index in [0.717, 1.165) is 0 Å². The second-order valence-corrected chi connectivity index (χ2v) is 9.79. The van der Waals surface area contributed by atoms with Gasteiger partial charge in [0.05, 0.1) is 24.6 Å². The first-order valence-corrected chi connectivity index (χ1v) is 11.2. The number of benzene rings is 1. The molecule has 0 saturated heterocycles. The number of aromatic hydroxyl groups is 1. The highest BCUT2D eigenvalue weighted by atomic mass is 16.7. The minimum atomic E-state index is -2.80. The van der Waals surface area contributed by atoms with Crippen molar-refractivity contribution in [3.05, 3.63) is 28.8 Å². The van der Waals surface area contributed by atoms with Crippen molar-refractivity contribution in [1.82, 2.24) is 9.96 Å². The van der Waals surface area contributed by atoms with Crippen molar-refractivity contribution in [2.45, 2.75) is 31.0 Å². The van der Waals surface area contributed by atoms with Crippen LogP contribution in [0, 0.1) is 23.7 Å². The number of carboxylic acid groups (broad SMARTS) is 1. The Labute approximate surface area is 201 Å². The third-order valence-electron chi connectivity index (χ3n) is 7.71. The molecule has 3 aliphatic carbocycles. The topological polar surface area (TPSA) is 162 Å². The molecule has 188 valence electrons. The normalized spacial score (nSPS) is 32.5. The smallest absolute Gasteiger partial charge is 0.321 e. The van der Waals surface area contributed by atoms with Gasteiger partial charge in [-0.25, -0.2) is 0 Å². The summed E-state index contributed by atoms with van der Waals surface area (Å²) >= 11 is 0. The third-order valence-corrected chi connectivity index (χ3v) is 7.71. The molecule has 0 aromatic heterocycles. The molecular weight excluding hydrogens is 460 g/mol. The number of hydrogen-bond acceptors (Lipinski definition) is 10. The zero-order valence-electron chi connectivity index (χ0n) is 19.8. The molecule has 35 heavy (non-hydrogen) atoms. The second-order valence-electron chi connectivity index (χ2n) is 9.79. The van der Waals surface area contributed by atoms with Crippen molar-refractivity contribution >= 4 is 29.1 Å². The average molecular weight is 488 g/mol. The molecule has 2 unspecified atom stereocenters. The summed E-state index contributed by atoms with van der Waals surface area (Å²) in [5.41, 5.74) is -1.62. The van der Waals surface area contributed by atoms with Crippen LogP contribution in [0.15, 0.2) is 12.1 Å². The molecule has 0 bridgehead atoms. The summed E-state index contributed by atoms with van der Waals surface area (Å²) in [5, 5.41) is 33.1. The summed E-state index contributed by atoms with van der Waals surface area (Å²) in [6.45, 7) is 0.294. The number of carboxylic acids is 1. The van der Waals surface area contributed by atoms with E-state index in [0.29, 0.717) is 17.7 Å². The van der Waals surface area contributed by atoms with Gasteiger partial charge in [-0.3, -0.25) is 28.9 Å². The van der Waals surface area contributed by atoms with Crippen LogP contribution in [0.3, 0.4) is 0 Å². The number of Topliss-reactive ketones (excluding diaryl/α,β-unsaturated/α-hetero) is 4. The van der Waals surface area contributed by atoms with E-state index in [2.05, 4.69) is 0 Å². The summed E-state index contributed by atoms with van der Waals surface area (Å²) in [4.78, 5) is 71.8. The number of carbonyl (C=O) groups is 5. The minimum absolute atomic E-state index is 0.0278. The van der Waals surface area contributed by atoms with E-state index in [4.69, 9.17) is 4.84 Å². The van der Waals surface area contributed by atoms with E-state index in [1.165, 1.54) is 37.2 Å². The number of phenolic OH excluding ortho intramolecular Hbond substituents is 1. The number of phenols is 1. The van der Waals surface area contributed by atoms with Gasteiger partial charge in [0, 0.05) is 19.5 Å². The molecule has 0 amide bonds. The van der Waals surface area contributed by atoms with Gasteiger partial charge in [0.2, 0.25) is 0 Å². The van der Waals surface area contributed by atoms with Crippen molar-refractivity contribution in [3.63, 3.8) is 0 Å². The number of hydrogen-bond donors (Lipinski definition) is 3. The Morgan fingerprint density at radius 2 is 1.80 bits per heavy atom. The number of likely N-dealkylation sites (N-methyl/N-ethyl adjacent to an activating group) is 1. The summed E-state index contributed by atoms with van der Waals surface area (Å²) < 4.78 is 0. The van der Waals surface area contributed by atoms with Gasteiger partial charge in [-0.1, -0.05) is 6.07 Å². The van der Waals surface area contributed by atoms with Crippen molar-refractivity contribution in [2.75, 3.05) is 28.3 Å². The highest BCUT2D eigenvalue weighted by Gasteiger charge is 2.69. The molecular formula is C24H28N2O9. The molecule has 1 aromatic carbocycles. The number of aliphatic hydroxyl groups is 1. The van der Waals surface area contributed by atoms with Gasteiger partial charge < -0.3 is 20.2 Å². The SMILES string of the molecule is CON(C)Cc1ccc(O)c2c1C[C@H]1C[C@H]3[C@H](N(C)C)C(=O)C(C(=O)O)C(=O)[C@@]3(O)C(=O)C1C2=O. The maximum Gasteiger partial charge on any atom is 0.321 e. The van der Waals surface area contributed by atoms with Crippen LogP contribution >= 0.6 is 0 Å². The van der Waals surface area contributed by atoms with E-state index in [1.807, 2.05) is 0 Å². The first-order chi connectivity index (χ1) is 16.4. The molecule has 2 saturated carbocycles. The van der Waals surface area contributed by atoms with Crippen LogP contribution in [0.4, 0.5) is 0 Å². The first kappa shape index (κ1) is 25.1. The maximum atomic E-state index is 13.7. The summed E-state index contributed by atoms with van der Waals surface area (Å²) in [6.07, 6.45) is 0.163. The van der Waals surface area contributed by atoms with Crippen molar-refractivity contribution in [1.29, 1.82) is 0 Å². The Kier molecular flexibility index (Phi) is 6.17. The monoisotopic (exact) mass is 488 g/mol. The number of aliphatic carboxylic acids is 1. The number of fused-ring (bicyclic) bond motifs is 3. The van der Waals surface area contributed by atoms with Crippen LogP contribution in [0.1, 0.15) is 27.9 Å². The van der Waals surface area contributed by atoms with Gasteiger partial charge in [0.1, 0.15) is 5.75 Å². The fourth-order valence-electron chi connectivity index (χ4n) is 6.09. The highest BCUT2D eigenvalue weighted by molar-refractivity contribution is 6.31. The van der Waals surface area contributed by atoms with Gasteiger partial charge >= 0.3 is 5.97 Å². The number of ketones is 4. The number of hydroxylamine groups is 2. The predicted molar refractivity (Wildman–Crippen MR) is 118 cm³/mol. The van der Waals surface area contributed by atoms with Crippen LogP contribution < -0.4 is 0 Å². The van der Waals surface area contributed by atoms with Crippen molar-refractivity contribution < 1.29 is 44.1 Å². The lowest BCUT2D eigenvalue weighted by molar-refractivity contribution is -0.183. The third kappa shape index (κ3) is 3.53. The summed E-state index contributed by atoms with van der Waals surface area (Å²) in [5.74, 6) is -11.7. The number of carbonyl (C=O) groups excluding carboxylic acids is 4. The van der Waals surface area contributed by atoms with E-state index in [9.17, 15) is 39.3 Å². The van der Waals surface area contributed by atoms with Crippen molar-refractivity contribution in [3.8, 4) is 5.75 Å². The number of rotatable bonds is 5. The molecule has 1 aromatic rings. The fraction of sp³-hybridized carbons (Fsp3) is 0.542. The Balaban J connectivity index is 1.85. The molecule has 4 rings (SSSR count). The van der Waals surface area contributed by atoms with E-state index < -0.39 is 64.4 Å². The van der Waals surface area contributed by atoms with Crippen LogP contribution in [0.5, 0.6) is 5.75 Å². The quantitative estimate of drug-likeness (QED) is 0.360.